The number of ether oxygens (including phenoxy) is 4. The predicted molar refractivity (Wildman–Crippen MR) is 131 cm³/mol. The van der Waals surface area contributed by atoms with E-state index in [-0.39, 0.29) is 19.0 Å². The molecular weight excluding hydrogens is 484 g/mol. The second-order valence-electron chi connectivity index (χ2n) is 8.08. The zero-order chi connectivity index (χ0) is 25.4. The van der Waals surface area contributed by atoms with Gasteiger partial charge in [0.25, 0.3) is 5.56 Å². The van der Waals surface area contributed by atoms with E-state index < -0.39 is 18.0 Å². The fourth-order valence-corrected chi connectivity index (χ4v) is 5.19. The van der Waals surface area contributed by atoms with Gasteiger partial charge in [0, 0.05) is 6.92 Å². The van der Waals surface area contributed by atoms with Crippen LogP contribution >= 0.6 is 11.3 Å². The van der Waals surface area contributed by atoms with E-state index in [9.17, 15) is 14.4 Å². The number of esters is 2. The van der Waals surface area contributed by atoms with E-state index in [2.05, 4.69) is 4.99 Å². The molecule has 0 amide bonds. The lowest BCUT2D eigenvalue weighted by Gasteiger charge is -2.24. The Morgan fingerprint density at radius 1 is 1.17 bits per heavy atom. The van der Waals surface area contributed by atoms with Crippen molar-refractivity contribution in [1.82, 2.24) is 4.57 Å². The Morgan fingerprint density at radius 2 is 1.92 bits per heavy atom. The molecule has 0 spiro atoms. The normalized spacial score (nSPS) is 16.4. The van der Waals surface area contributed by atoms with Gasteiger partial charge < -0.3 is 18.9 Å². The van der Waals surface area contributed by atoms with E-state index in [0.29, 0.717) is 43.4 Å². The molecule has 0 fully saturated rings. The summed E-state index contributed by atoms with van der Waals surface area (Å²) in [6, 6.07) is 11.4. The van der Waals surface area contributed by atoms with Crippen molar-refractivity contribution in [1.29, 1.82) is 0 Å². The summed E-state index contributed by atoms with van der Waals surface area (Å²) in [5.41, 5.74) is 1.90. The summed E-state index contributed by atoms with van der Waals surface area (Å²) in [5.74, 6) is 0.616. The Kier molecular flexibility index (Phi) is 6.19. The Morgan fingerprint density at radius 3 is 2.64 bits per heavy atom. The lowest BCUT2D eigenvalue weighted by atomic mass is 9.95. The van der Waals surface area contributed by atoms with Gasteiger partial charge in [-0.1, -0.05) is 29.5 Å². The van der Waals surface area contributed by atoms with Crippen LogP contribution in [0.2, 0.25) is 0 Å². The maximum atomic E-state index is 13.7. The molecule has 1 atom stereocenters. The average Bonchev–Trinajstić information content (AvgIpc) is 3.43. The lowest BCUT2D eigenvalue weighted by Crippen LogP contribution is -2.39. The highest BCUT2D eigenvalue weighted by Crippen LogP contribution is 2.38. The van der Waals surface area contributed by atoms with Crippen molar-refractivity contribution in [3.8, 4) is 17.2 Å². The highest BCUT2D eigenvalue weighted by Gasteiger charge is 2.34. The minimum Gasteiger partial charge on any atom is -0.463 e. The van der Waals surface area contributed by atoms with Crippen LogP contribution in [0.15, 0.2) is 63.5 Å². The molecule has 36 heavy (non-hydrogen) atoms. The minimum atomic E-state index is -0.747. The predicted octanol–water partition coefficient (Wildman–Crippen LogP) is 2.45. The zero-order valence-electron chi connectivity index (χ0n) is 19.8. The Labute approximate surface area is 209 Å². The molecule has 184 valence electrons. The topological polar surface area (TPSA) is 105 Å². The smallest absolute Gasteiger partial charge is 0.338 e. The van der Waals surface area contributed by atoms with Crippen molar-refractivity contribution in [3.63, 3.8) is 0 Å². The van der Waals surface area contributed by atoms with Crippen LogP contribution in [-0.2, 0) is 14.3 Å². The molecule has 0 saturated carbocycles. The number of hydrogen-bond acceptors (Lipinski definition) is 9. The number of allylic oxidation sites excluding steroid dienone is 1. The van der Waals surface area contributed by atoms with Gasteiger partial charge in [-0.2, -0.15) is 0 Å². The number of hydrogen-bond donors (Lipinski definition) is 0. The SMILES string of the molecule is CCOC(=O)C1=C(C)N=c2sc(=Cc3ccc(OC(C)=O)cc3)c(=O)n2C1c1ccc2c(c1)OCO2. The molecule has 0 bridgehead atoms. The molecule has 2 aromatic carbocycles. The Bertz CT molecular complexity index is 1580. The van der Waals surface area contributed by atoms with Crippen molar-refractivity contribution >= 4 is 29.4 Å². The highest BCUT2D eigenvalue weighted by molar-refractivity contribution is 7.07. The summed E-state index contributed by atoms with van der Waals surface area (Å²) in [5, 5.41) is 0. The molecule has 2 aliphatic rings. The van der Waals surface area contributed by atoms with Gasteiger partial charge in [-0.25, -0.2) is 9.79 Å². The molecular formula is C26H22N2O7S. The van der Waals surface area contributed by atoms with E-state index in [4.69, 9.17) is 18.9 Å². The van der Waals surface area contributed by atoms with Crippen LogP contribution in [0.1, 0.15) is 37.9 Å². The van der Waals surface area contributed by atoms with Crippen LogP contribution in [0.25, 0.3) is 6.08 Å². The second-order valence-corrected chi connectivity index (χ2v) is 9.09. The monoisotopic (exact) mass is 506 g/mol. The van der Waals surface area contributed by atoms with Crippen LogP contribution in [0.5, 0.6) is 17.2 Å². The van der Waals surface area contributed by atoms with Crippen LogP contribution in [0.3, 0.4) is 0 Å². The molecule has 2 aliphatic heterocycles. The zero-order valence-corrected chi connectivity index (χ0v) is 20.6. The van der Waals surface area contributed by atoms with E-state index >= 15 is 0 Å². The van der Waals surface area contributed by atoms with Gasteiger partial charge in [0.1, 0.15) is 5.75 Å². The number of rotatable bonds is 5. The molecule has 3 heterocycles. The van der Waals surface area contributed by atoms with Crippen LogP contribution < -0.4 is 29.1 Å². The molecule has 0 saturated heterocycles. The van der Waals surface area contributed by atoms with Crippen LogP contribution in [0, 0.1) is 0 Å². The molecule has 3 aromatic rings. The number of carbonyl (C=O) groups excluding carboxylic acids is 2. The molecule has 0 aliphatic carbocycles. The summed E-state index contributed by atoms with van der Waals surface area (Å²) in [6.45, 7) is 5.09. The summed E-state index contributed by atoms with van der Waals surface area (Å²) in [6.07, 6.45) is 1.74. The maximum absolute atomic E-state index is 13.7. The van der Waals surface area contributed by atoms with E-state index in [0.717, 1.165) is 5.56 Å². The number of fused-ring (bicyclic) bond motifs is 2. The van der Waals surface area contributed by atoms with Crippen molar-refractivity contribution in [2.45, 2.75) is 26.8 Å². The van der Waals surface area contributed by atoms with Gasteiger partial charge >= 0.3 is 11.9 Å². The fraction of sp³-hybridized carbons (Fsp3) is 0.231. The first-order valence-corrected chi connectivity index (χ1v) is 12.0. The summed E-state index contributed by atoms with van der Waals surface area (Å²) < 4.78 is 23.3. The van der Waals surface area contributed by atoms with Gasteiger partial charge in [-0.3, -0.25) is 14.2 Å². The number of carbonyl (C=O) groups is 2. The first kappa shape index (κ1) is 23.6. The van der Waals surface area contributed by atoms with Gasteiger partial charge in [0.05, 0.1) is 28.5 Å². The minimum absolute atomic E-state index is 0.109. The molecule has 10 heteroatoms. The van der Waals surface area contributed by atoms with E-state index in [1.165, 1.54) is 22.8 Å². The van der Waals surface area contributed by atoms with Crippen LogP contribution in [0.4, 0.5) is 0 Å². The molecule has 1 aromatic heterocycles. The van der Waals surface area contributed by atoms with Crippen LogP contribution in [-0.4, -0.2) is 29.9 Å². The Hall–Kier alpha value is -4.18. The average molecular weight is 507 g/mol. The van der Waals surface area contributed by atoms with Gasteiger partial charge in [0.2, 0.25) is 6.79 Å². The molecule has 5 rings (SSSR count). The molecule has 0 N–H and O–H groups in total. The lowest BCUT2D eigenvalue weighted by molar-refractivity contribution is -0.139. The molecule has 0 radical (unpaired) electrons. The van der Waals surface area contributed by atoms with Gasteiger partial charge in [-0.05, 0) is 55.3 Å². The number of thiazole rings is 1. The number of aromatic nitrogens is 1. The van der Waals surface area contributed by atoms with E-state index in [1.807, 2.05) is 0 Å². The standard InChI is InChI=1S/C26H22N2O7S/c1-4-32-25(31)22-14(2)27-26-28(23(22)17-7-10-19-20(12-17)34-13-33-19)24(30)21(36-26)11-16-5-8-18(9-6-16)35-15(3)29/h5-12,23H,4,13H2,1-3H3. The third-order valence-corrected chi connectivity index (χ3v) is 6.65. The number of nitrogens with zero attached hydrogens (tertiary/aromatic N) is 2. The maximum Gasteiger partial charge on any atom is 0.338 e. The van der Waals surface area contributed by atoms with E-state index in [1.54, 1.807) is 62.4 Å². The largest absolute Gasteiger partial charge is 0.463 e. The van der Waals surface area contributed by atoms with Crippen molar-refractivity contribution in [2.75, 3.05) is 13.4 Å². The highest BCUT2D eigenvalue weighted by atomic mass is 32.1. The number of benzene rings is 2. The third kappa shape index (κ3) is 4.31. The first-order valence-electron chi connectivity index (χ1n) is 11.2. The van der Waals surface area contributed by atoms with Gasteiger partial charge in [-0.15, -0.1) is 0 Å². The quantitative estimate of drug-likeness (QED) is 0.387. The summed E-state index contributed by atoms with van der Waals surface area (Å²) >= 11 is 1.23. The molecule has 1 unspecified atom stereocenters. The summed E-state index contributed by atoms with van der Waals surface area (Å²) in [7, 11) is 0. The third-order valence-electron chi connectivity index (χ3n) is 5.67. The van der Waals surface area contributed by atoms with Crippen molar-refractivity contribution < 1.29 is 28.5 Å². The van der Waals surface area contributed by atoms with Crippen molar-refractivity contribution in [3.05, 3.63) is 84.5 Å². The second kappa shape index (κ2) is 9.46. The Balaban J connectivity index is 1.64. The van der Waals surface area contributed by atoms with Crippen molar-refractivity contribution in [2.24, 2.45) is 4.99 Å². The summed E-state index contributed by atoms with van der Waals surface area (Å²) in [4.78, 5) is 42.9. The van der Waals surface area contributed by atoms with Gasteiger partial charge in [0.15, 0.2) is 16.3 Å². The first-order chi connectivity index (χ1) is 17.4. The molecule has 9 nitrogen and oxygen atoms in total. The fourth-order valence-electron chi connectivity index (χ4n) is 4.14.